The predicted molar refractivity (Wildman–Crippen MR) is 63.4 cm³/mol. The third kappa shape index (κ3) is 1.13. The molecule has 4 rings (SSSR count). The van der Waals surface area contributed by atoms with E-state index >= 15 is 0 Å². The number of rotatable bonds is 0. The molecule has 0 N–H and O–H groups in total. The molecule has 0 spiro atoms. The fraction of sp³-hybridized carbons (Fsp3) is 0. The molecule has 2 aliphatic heterocycles. The Balaban J connectivity index is 2.29. The van der Waals surface area contributed by atoms with Crippen molar-refractivity contribution in [2.45, 2.75) is 0 Å². The second kappa shape index (κ2) is 3.30. The third-order valence-corrected chi connectivity index (χ3v) is 3.41. The van der Waals surface area contributed by atoms with Gasteiger partial charge >= 0.3 is 23.9 Å². The molecule has 6 heteroatoms. The van der Waals surface area contributed by atoms with E-state index in [1.807, 2.05) is 0 Å². The summed E-state index contributed by atoms with van der Waals surface area (Å²) in [5, 5.41) is 0.539. The molecule has 2 aromatic carbocycles. The number of hydrogen-bond acceptors (Lipinski definition) is 6. The first kappa shape index (κ1) is 10.9. The average Bonchev–Trinajstić information content (AvgIpc) is 2.42. The van der Waals surface area contributed by atoms with Crippen molar-refractivity contribution in [3.05, 3.63) is 46.5 Å². The lowest BCUT2D eigenvalue weighted by Crippen LogP contribution is -2.25. The summed E-state index contributed by atoms with van der Waals surface area (Å²) in [5.74, 6) is -3.18. The van der Waals surface area contributed by atoms with Gasteiger partial charge in [0.25, 0.3) is 0 Å². The van der Waals surface area contributed by atoms with Crippen molar-refractivity contribution < 1.29 is 28.7 Å². The Hall–Kier alpha value is -3.02. The van der Waals surface area contributed by atoms with Gasteiger partial charge in [0.15, 0.2) is 0 Å². The molecule has 0 radical (unpaired) electrons. The average molecular weight is 268 g/mol. The van der Waals surface area contributed by atoms with Gasteiger partial charge in [-0.05, 0) is 24.3 Å². The van der Waals surface area contributed by atoms with Crippen LogP contribution in [0.5, 0.6) is 0 Å². The minimum Gasteiger partial charge on any atom is -0.386 e. The van der Waals surface area contributed by atoms with E-state index in [-0.39, 0.29) is 33.0 Å². The number of carbonyl (C=O) groups excluding carboxylic acids is 4. The van der Waals surface area contributed by atoms with Crippen molar-refractivity contribution in [2.75, 3.05) is 0 Å². The van der Waals surface area contributed by atoms with Crippen LogP contribution in [-0.2, 0) is 9.47 Å². The molecule has 2 aliphatic rings. The lowest BCUT2D eigenvalue weighted by atomic mass is 9.89. The Morgan fingerprint density at radius 2 is 0.750 bits per heavy atom. The van der Waals surface area contributed by atoms with E-state index in [9.17, 15) is 19.2 Å². The van der Waals surface area contributed by atoms with Gasteiger partial charge in [0.2, 0.25) is 0 Å². The van der Waals surface area contributed by atoms with Gasteiger partial charge in [-0.2, -0.15) is 0 Å². The van der Waals surface area contributed by atoms with Gasteiger partial charge in [-0.25, -0.2) is 19.2 Å². The molecular formula is C14H4O6. The van der Waals surface area contributed by atoms with Crippen LogP contribution in [0.4, 0.5) is 0 Å². The largest absolute Gasteiger partial charge is 0.386 e. The van der Waals surface area contributed by atoms with Crippen molar-refractivity contribution in [2.24, 2.45) is 0 Å². The quantitative estimate of drug-likeness (QED) is 0.531. The first-order chi connectivity index (χ1) is 9.58. The summed E-state index contributed by atoms with van der Waals surface area (Å²) >= 11 is 0. The zero-order valence-electron chi connectivity index (χ0n) is 9.76. The van der Waals surface area contributed by atoms with Crippen LogP contribution in [0.3, 0.4) is 0 Å². The maximum absolute atomic E-state index is 11.7. The van der Waals surface area contributed by atoms with Gasteiger partial charge in [0.05, 0.1) is 22.3 Å². The molecule has 6 nitrogen and oxygen atoms in total. The smallest absolute Gasteiger partial charge is 0.346 e. The summed E-state index contributed by atoms with van der Waals surface area (Å²) in [6, 6.07) is 5.54. The predicted octanol–water partition coefficient (Wildman–Crippen LogP) is 1.46. The Bertz CT molecular complexity index is 738. The molecule has 2 heterocycles. The SMILES string of the molecule is O=C1OC(=O)c2ccc3c4c(ccc1c24)C(=O)OC3=O. The second-order valence-electron chi connectivity index (χ2n) is 4.43. The Kier molecular flexibility index (Phi) is 1.79. The highest BCUT2D eigenvalue weighted by Gasteiger charge is 2.34. The van der Waals surface area contributed by atoms with E-state index in [4.69, 9.17) is 0 Å². The minimum absolute atomic E-state index is 0.155. The van der Waals surface area contributed by atoms with Crippen molar-refractivity contribution in [1.82, 2.24) is 0 Å². The molecule has 0 fully saturated rings. The summed E-state index contributed by atoms with van der Waals surface area (Å²) in [6.45, 7) is 0. The van der Waals surface area contributed by atoms with Crippen molar-refractivity contribution in [3.8, 4) is 0 Å². The van der Waals surface area contributed by atoms with Crippen LogP contribution >= 0.6 is 0 Å². The van der Waals surface area contributed by atoms with Crippen LogP contribution < -0.4 is 0 Å². The molecule has 0 saturated heterocycles. The highest BCUT2D eigenvalue weighted by atomic mass is 16.6. The first-order valence-electron chi connectivity index (χ1n) is 5.70. The zero-order valence-corrected chi connectivity index (χ0v) is 9.76. The lowest BCUT2D eigenvalue weighted by Gasteiger charge is -2.21. The molecule has 0 amide bonds. The number of esters is 4. The fourth-order valence-electron chi connectivity index (χ4n) is 2.56. The van der Waals surface area contributed by atoms with Crippen LogP contribution in [0, 0.1) is 0 Å². The molecule has 20 heavy (non-hydrogen) atoms. The molecule has 0 aliphatic carbocycles. The van der Waals surface area contributed by atoms with Crippen LogP contribution in [-0.4, -0.2) is 23.9 Å². The zero-order chi connectivity index (χ0) is 14.0. The van der Waals surface area contributed by atoms with E-state index in [0.717, 1.165) is 0 Å². The van der Waals surface area contributed by atoms with Gasteiger partial charge in [-0.1, -0.05) is 0 Å². The normalized spacial score (nSPS) is 16.2. The number of cyclic esters (lactones) is 4. The highest BCUT2D eigenvalue weighted by Crippen LogP contribution is 2.36. The summed E-state index contributed by atoms with van der Waals surface area (Å²) < 4.78 is 9.22. The van der Waals surface area contributed by atoms with Gasteiger partial charge in [-0.3, -0.25) is 0 Å². The number of benzene rings is 2. The van der Waals surface area contributed by atoms with Crippen molar-refractivity contribution >= 4 is 34.6 Å². The minimum atomic E-state index is -0.794. The van der Waals surface area contributed by atoms with Gasteiger partial charge in [-0.15, -0.1) is 0 Å². The Labute approximate surface area is 110 Å². The molecule has 0 saturated carbocycles. The monoisotopic (exact) mass is 268 g/mol. The highest BCUT2D eigenvalue weighted by molar-refractivity contribution is 6.29. The number of carbonyl (C=O) groups is 4. The molecular weight excluding hydrogens is 264 g/mol. The molecule has 0 unspecified atom stereocenters. The molecule has 0 atom stereocenters. The topological polar surface area (TPSA) is 86.7 Å². The van der Waals surface area contributed by atoms with E-state index in [1.54, 1.807) is 0 Å². The lowest BCUT2D eigenvalue weighted by molar-refractivity contribution is 0.0366. The Morgan fingerprint density at radius 3 is 1.00 bits per heavy atom. The molecule has 0 aromatic heterocycles. The molecule has 96 valence electrons. The van der Waals surface area contributed by atoms with Crippen LogP contribution in [0.2, 0.25) is 0 Å². The van der Waals surface area contributed by atoms with E-state index in [2.05, 4.69) is 9.47 Å². The number of hydrogen-bond donors (Lipinski definition) is 0. The summed E-state index contributed by atoms with van der Waals surface area (Å²) in [5.41, 5.74) is 0.621. The Morgan fingerprint density at radius 1 is 0.500 bits per heavy atom. The first-order valence-corrected chi connectivity index (χ1v) is 5.70. The maximum atomic E-state index is 11.7. The summed E-state index contributed by atoms with van der Waals surface area (Å²) in [6.07, 6.45) is 0. The van der Waals surface area contributed by atoms with Gasteiger partial charge in [0, 0.05) is 10.8 Å². The third-order valence-electron chi connectivity index (χ3n) is 3.41. The van der Waals surface area contributed by atoms with E-state index < -0.39 is 23.9 Å². The van der Waals surface area contributed by atoms with Crippen molar-refractivity contribution in [1.29, 1.82) is 0 Å². The maximum Gasteiger partial charge on any atom is 0.346 e. The van der Waals surface area contributed by atoms with E-state index in [1.165, 1.54) is 24.3 Å². The van der Waals surface area contributed by atoms with Crippen molar-refractivity contribution in [3.63, 3.8) is 0 Å². The van der Waals surface area contributed by atoms with Gasteiger partial charge in [0.1, 0.15) is 0 Å². The van der Waals surface area contributed by atoms with Gasteiger partial charge < -0.3 is 9.47 Å². The summed E-state index contributed by atoms with van der Waals surface area (Å²) in [4.78, 5) is 46.9. The summed E-state index contributed by atoms with van der Waals surface area (Å²) in [7, 11) is 0. The van der Waals surface area contributed by atoms with Crippen LogP contribution in [0.15, 0.2) is 24.3 Å². The standard InChI is InChI=1S/C14H4O6/c15-11-5-1-2-6-10-8(14(18)20-12(6)16)4-3-7(9(5)10)13(17)19-11/h1-4H. The number of ether oxygens (including phenoxy) is 2. The van der Waals surface area contributed by atoms with E-state index in [0.29, 0.717) is 0 Å². The molecule has 2 aromatic rings. The fourth-order valence-corrected chi connectivity index (χ4v) is 2.56. The second-order valence-corrected chi connectivity index (χ2v) is 4.43. The molecule has 0 bridgehead atoms. The van der Waals surface area contributed by atoms with Crippen LogP contribution in [0.1, 0.15) is 41.4 Å². The van der Waals surface area contributed by atoms with Crippen LogP contribution in [0.25, 0.3) is 10.8 Å².